The quantitative estimate of drug-likeness (QED) is 0.459. The summed E-state index contributed by atoms with van der Waals surface area (Å²) in [5, 5.41) is 4.20. The molecule has 0 spiro atoms. The number of nitrogens with zero attached hydrogens (tertiary/aromatic N) is 2. The van der Waals surface area contributed by atoms with Gasteiger partial charge in [0, 0.05) is 8.95 Å². The number of hydrogen-bond donors (Lipinski definition) is 0. The molecule has 6 nitrogen and oxygen atoms in total. The van der Waals surface area contributed by atoms with E-state index in [9.17, 15) is 9.59 Å². The smallest absolute Gasteiger partial charge is 0.362 e. The number of carbonyl (C=O) groups excluding carboxylic acids is 1. The van der Waals surface area contributed by atoms with E-state index >= 15 is 0 Å². The van der Waals surface area contributed by atoms with Gasteiger partial charge in [-0.25, -0.2) is 4.79 Å². The Morgan fingerprint density at radius 2 is 1.82 bits per heavy atom. The summed E-state index contributed by atoms with van der Waals surface area (Å²) in [6, 6.07) is 15.8. The summed E-state index contributed by atoms with van der Waals surface area (Å²) in [6.07, 6.45) is 0. The second-order valence-corrected chi connectivity index (χ2v) is 7.55. The summed E-state index contributed by atoms with van der Waals surface area (Å²) in [6.45, 7) is 2.06. The predicted molar refractivity (Wildman–Crippen MR) is 112 cm³/mol. The number of rotatable bonds is 6. The zero-order chi connectivity index (χ0) is 20.1. The van der Waals surface area contributed by atoms with E-state index in [1.807, 2.05) is 30.3 Å². The molecule has 0 bridgehead atoms. The van der Waals surface area contributed by atoms with Crippen LogP contribution in [0.2, 0.25) is 0 Å². The van der Waals surface area contributed by atoms with Gasteiger partial charge in [-0.1, -0.05) is 50.1 Å². The minimum Gasteiger partial charge on any atom is -0.486 e. The van der Waals surface area contributed by atoms with Crippen LogP contribution in [0, 0.1) is 0 Å². The average Bonchev–Trinajstić information content (AvgIpc) is 2.67. The van der Waals surface area contributed by atoms with E-state index in [1.54, 1.807) is 25.1 Å². The maximum absolute atomic E-state index is 12.6. The molecule has 144 valence electrons. The fourth-order valence-corrected chi connectivity index (χ4v) is 3.08. The number of benzene rings is 2. The lowest BCUT2D eigenvalue weighted by atomic mass is 10.2. The predicted octanol–water partition coefficient (Wildman–Crippen LogP) is 4.51. The Bertz CT molecular complexity index is 1050. The van der Waals surface area contributed by atoms with Crippen molar-refractivity contribution in [3.05, 3.63) is 85.2 Å². The van der Waals surface area contributed by atoms with Crippen LogP contribution < -0.4 is 10.3 Å². The van der Waals surface area contributed by atoms with Crippen LogP contribution in [0.5, 0.6) is 5.75 Å². The van der Waals surface area contributed by atoms with E-state index in [0.717, 1.165) is 19.2 Å². The maximum atomic E-state index is 12.6. The van der Waals surface area contributed by atoms with Crippen LogP contribution in [0.1, 0.15) is 23.0 Å². The molecule has 0 aliphatic heterocycles. The zero-order valence-corrected chi connectivity index (χ0v) is 18.1. The molecule has 3 aromatic rings. The third-order valence-electron chi connectivity index (χ3n) is 3.73. The molecule has 0 N–H and O–H groups in total. The molecule has 0 aliphatic rings. The van der Waals surface area contributed by atoms with Crippen molar-refractivity contribution < 1.29 is 14.3 Å². The number of esters is 1. The highest BCUT2D eigenvalue weighted by atomic mass is 79.9. The Balaban J connectivity index is 1.98. The van der Waals surface area contributed by atoms with Crippen molar-refractivity contribution in [1.29, 1.82) is 0 Å². The minimum absolute atomic E-state index is 0.0569. The molecule has 2 aromatic carbocycles. The van der Waals surface area contributed by atoms with Crippen molar-refractivity contribution in [2.45, 2.75) is 13.5 Å². The highest BCUT2D eigenvalue weighted by molar-refractivity contribution is 9.10. The van der Waals surface area contributed by atoms with E-state index < -0.39 is 11.5 Å². The number of carbonyl (C=O) groups is 1. The van der Waals surface area contributed by atoms with Gasteiger partial charge >= 0.3 is 5.97 Å². The molecule has 1 aromatic heterocycles. The second-order valence-electron chi connectivity index (χ2n) is 5.72. The van der Waals surface area contributed by atoms with Gasteiger partial charge in [0.05, 0.1) is 18.4 Å². The summed E-state index contributed by atoms with van der Waals surface area (Å²) >= 11 is 6.74. The van der Waals surface area contributed by atoms with Gasteiger partial charge in [-0.15, -0.1) is 0 Å². The van der Waals surface area contributed by atoms with E-state index in [2.05, 4.69) is 37.0 Å². The highest BCUT2D eigenvalue weighted by Crippen LogP contribution is 2.20. The maximum Gasteiger partial charge on any atom is 0.362 e. The summed E-state index contributed by atoms with van der Waals surface area (Å²) < 4.78 is 13.7. The Morgan fingerprint density at radius 1 is 1.07 bits per heavy atom. The largest absolute Gasteiger partial charge is 0.486 e. The van der Waals surface area contributed by atoms with Gasteiger partial charge < -0.3 is 9.47 Å². The highest BCUT2D eigenvalue weighted by Gasteiger charge is 2.20. The van der Waals surface area contributed by atoms with Crippen LogP contribution in [0.3, 0.4) is 0 Å². The summed E-state index contributed by atoms with van der Waals surface area (Å²) in [7, 11) is 0. The van der Waals surface area contributed by atoms with Gasteiger partial charge in [0.1, 0.15) is 6.61 Å². The third-order valence-corrected chi connectivity index (χ3v) is 4.75. The van der Waals surface area contributed by atoms with E-state index in [0.29, 0.717) is 5.69 Å². The first kappa shape index (κ1) is 20.3. The minimum atomic E-state index is -0.656. The first-order valence-corrected chi connectivity index (χ1v) is 10.0. The SMILES string of the molecule is CCOC(=O)c1nn(-c2cccc(Br)c2)c(=O)cc1OCc1ccc(Br)cc1. The van der Waals surface area contributed by atoms with Crippen LogP contribution in [-0.4, -0.2) is 22.4 Å². The molecule has 0 saturated heterocycles. The van der Waals surface area contributed by atoms with Gasteiger partial charge in [0.25, 0.3) is 5.56 Å². The summed E-state index contributed by atoms with van der Waals surface area (Å²) in [5.74, 6) is -0.574. The number of ether oxygens (including phenoxy) is 2. The lowest BCUT2D eigenvalue weighted by Crippen LogP contribution is -2.25. The van der Waals surface area contributed by atoms with E-state index in [1.165, 1.54) is 6.07 Å². The Kier molecular flexibility index (Phi) is 6.64. The normalized spacial score (nSPS) is 10.5. The molecule has 0 saturated carbocycles. The average molecular weight is 508 g/mol. The van der Waals surface area contributed by atoms with Crippen LogP contribution >= 0.6 is 31.9 Å². The molecule has 0 fully saturated rings. The second kappa shape index (κ2) is 9.16. The number of halogens is 2. The Labute approximate surface area is 178 Å². The third kappa shape index (κ3) is 4.88. The van der Waals surface area contributed by atoms with Crippen molar-refractivity contribution in [1.82, 2.24) is 9.78 Å². The van der Waals surface area contributed by atoms with Crippen LogP contribution in [-0.2, 0) is 11.3 Å². The summed E-state index contributed by atoms with van der Waals surface area (Å²) in [5.41, 5.74) is 0.925. The van der Waals surface area contributed by atoms with Crippen molar-refractivity contribution in [2.24, 2.45) is 0 Å². The molecular weight excluding hydrogens is 492 g/mol. The first-order chi connectivity index (χ1) is 13.5. The fourth-order valence-electron chi connectivity index (χ4n) is 2.43. The van der Waals surface area contributed by atoms with Gasteiger partial charge in [0.2, 0.25) is 5.69 Å². The lowest BCUT2D eigenvalue weighted by Gasteiger charge is -2.13. The molecular formula is C20H16Br2N2O4. The molecule has 0 aliphatic carbocycles. The molecule has 3 rings (SSSR count). The Morgan fingerprint density at radius 3 is 2.50 bits per heavy atom. The van der Waals surface area contributed by atoms with Crippen molar-refractivity contribution in [3.8, 4) is 11.4 Å². The van der Waals surface area contributed by atoms with Gasteiger partial charge in [0.15, 0.2) is 5.75 Å². The molecule has 0 atom stereocenters. The molecule has 0 unspecified atom stereocenters. The first-order valence-electron chi connectivity index (χ1n) is 8.42. The monoisotopic (exact) mass is 506 g/mol. The summed E-state index contributed by atoms with van der Waals surface area (Å²) in [4.78, 5) is 25.0. The molecule has 28 heavy (non-hydrogen) atoms. The standard InChI is InChI=1S/C20H16Br2N2O4/c1-2-27-20(26)19-17(28-12-13-6-8-14(21)9-7-13)11-18(25)24(23-19)16-5-3-4-15(22)10-16/h3-11H,2,12H2,1H3. The van der Waals surface area contributed by atoms with E-state index in [-0.39, 0.29) is 24.7 Å². The van der Waals surface area contributed by atoms with Crippen LogP contribution in [0.4, 0.5) is 0 Å². The molecule has 8 heteroatoms. The lowest BCUT2D eigenvalue weighted by molar-refractivity contribution is 0.0511. The van der Waals surface area contributed by atoms with E-state index in [4.69, 9.17) is 9.47 Å². The fraction of sp³-hybridized carbons (Fsp3) is 0.150. The molecule has 0 amide bonds. The number of aromatic nitrogens is 2. The Hall–Kier alpha value is -2.45. The van der Waals surface area contributed by atoms with Crippen molar-refractivity contribution in [3.63, 3.8) is 0 Å². The molecule has 1 heterocycles. The van der Waals surface area contributed by atoms with Crippen LogP contribution in [0.15, 0.2) is 68.3 Å². The molecule has 0 radical (unpaired) electrons. The topological polar surface area (TPSA) is 70.4 Å². The van der Waals surface area contributed by atoms with Crippen molar-refractivity contribution >= 4 is 37.8 Å². The van der Waals surface area contributed by atoms with Gasteiger partial charge in [-0.05, 0) is 42.8 Å². The number of hydrogen-bond acceptors (Lipinski definition) is 5. The van der Waals surface area contributed by atoms with Gasteiger partial charge in [-0.2, -0.15) is 9.78 Å². The van der Waals surface area contributed by atoms with Crippen LogP contribution in [0.25, 0.3) is 5.69 Å². The van der Waals surface area contributed by atoms with Crippen molar-refractivity contribution in [2.75, 3.05) is 6.61 Å². The van der Waals surface area contributed by atoms with Gasteiger partial charge in [-0.3, -0.25) is 4.79 Å². The zero-order valence-electron chi connectivity index (χ0n) is 14.9.